The minimum absolute atomic E-state index is 0.0104. The third-order valence-electron chi connectivity index (χ3n) is 2.48. The molecule has 0 aliphatic heterocycles. The largest absolute Gasteiger partial charge is 0.345 e. The predicted molar refractivity (Wildman–Crippen MR) is 73.6 cm³/mol. The van der Waals surface area contributed by atoms with Crippen molar-refractivity contribution in [2.45, 2.75) is 30.4 Å². The zero-order valence-corrected chi connectivity index (χ0v) is 12.7. The standard InChI is InChI=1S/C11H16ClNO3S2/c1-3-4-7-13(2)10(14)8-9-5-6-11(17-9)18(12,15)16/h5-6H,3-4,7-8H2,1-2H3. The van der Waals surface area contributed by atoms with Crippen LogP contribution in [0, 0.1) is 0 Å². The van der Waals surface area contributed by atoms with Crippen molar-refractivity contribution in [3.8, 4) is 0 Å². The molecule has 0 aromatic carbocycles. The Kier molecular flexibility index (Phi) is 5.62. The van der Waals surface area contributed by atoms with E-state index in [-0.39, 0.29) is 16.5 Å². The van der Waals surface area contributed by atoms with E-state index >= 15 is 0 Å². The van der Waals surface area contributed by atoms with Gasteiger partial charge in [-0.25, -0.2) is 8.42 Å². The number of halogens is 1. The van der Waals surface area contributed by atoms with E-state index in [1.54, 1.807) is 18.0 Å². The fourth-order valence-electron chi connectivity index (χ4n) is 1.39. The molecule has 0 saturated heterocycles. The van der Waals surface area contributed by atoms with Gasteiger partial charge >= 0.3 is 0 Å². The van der Waals surface area contributed by atoms with E-state index in [1.807, 2.05) is 0 Å². The molecule has 1 aromatic rings. The summed E-state index contributed by atoms with van der Waals surface area (Å²) in [6.45, 7) is 2.79. The van der Waals surface area contributed by atoms with Crippen LogP contribution in [0.2, 0.25) is 0 Å². The maximum atomic E-state index is 11.8. The van der Waals surface area contributed by atoms with E-state index in [9.17, 15) is 13.2 Å². The SMILES string of the molecule is CCCCN(C)C(=O)Cc1ccc(S(=O)(=O)Cl)s1. The van der Waals surface area contributed by atoms with Gasteiger partial charge in [0, 0.05) is 29.2 Å². The lowest BCUT2D eigenvalue weighted by atomic mass is 10.3. The average Bonchev–Trinajstić information content (AvgIpc) is 2.73. The molecule has 4 nitrogen and oxygen atoms in total. The second-order valence-corrected chi connectivity index (χ2v) is 7.97. The van der Waals surface area contributed by atoms with E-state index in [4.69, 9.17) is 10.7 Å². The van der Waals surface area contributed by atoms with Gasteiger partial charge in [-0.15, -0.1) is 11.3 Å². The molecule has 0 spiro atoms. The lowest BCUT2D eigenvalue weighted by Gasteiger charge is -2.15. The summed E-state index contributed by atoms with van der Waals surface area (Å²) in [5.74, 6) is -0.0104. The predicted octanol–water partition coefficient (Wildman–Crippen LogP) is 2.48. The van der Waals surface area contributed by atoms with Crippen LogP contribution >= 0.6 is 22.0 Å². The molecular formula is C11H16ClNO3S2. The molecule has 18 heavy (non-hydrogen) atoms. The molecule has 0 atom stereocenters. The average molecular weight is 310 g/mol. The maximum Gasteiger partial charge on any atom is 0.270 e. The number of thiophene rings is 1. The molecule has 0 N–H and O–H groups in total. The lowest BCUT2D eigenvalue weighted by molar-refractivity contribution is -0.129. The summed E-state index contributed by atoms with van der Waals surface area (Å²) in [6, 6.07) is 3.06. The van der Waals surface area contributed by atoms with E-state index in [0.29, 0.717) is 4.88 Å². The van der Waals surface area contributed by atoms with Crippen LogP contribution in [0.5, 0.6) is 0 Å². The lowest BCUT2D eigenvalue weighted by Crippen LogP contribution is -2.28. The van der Waals surface area contributed by atoms with Gasteiger partial charge in [-0.2, -0.15) is 0 Å². The summed E-state index contributed by atoms with van der Waals surface area (Å²) < 4.78 is 22.3. The first-order valence-electron chi connectivity index (χ1n) is 5.62. The number of likely N-dealkylation sites (N-methyl/N-ethyl adjacent to an activating group) is 1. The van der Waals surface area contributed by atoms with Crippen LogP contribution in [0.25, 0.3) is 0 Å². The molecule has 1 heterocycles. The van der Waals surface area contributed by atoms with Crippen LogP contribution in [-0.4, -0.2) is 32.8 Å². The highest BCUT2D eigenvalue weighted by molar-refractivity contribution is 8.15. The quantitative estimate of drug-likeness (QED) is 0.759. The molecule has 1 rings (SSSR count). The van der Waals surface area contributed by atoms with Crippen LogP contribution in [0.3, 0.4) is 0 Å². The fraction of sp³-hybridized carbons (Fsp3) is 0.545. The van der Waals surface area contributed by atoms with Gasteiger partial charge in [0.1, 0.15) is 4.21 Å². The van der Waals surface area contributed by atoms with Crippen LogP contribution in [0.4, 0.5) is 0 Å². The Bertz CT molecular complexity index is 510. The molecule has 102 valence electrons. The highest BCUT2D eigenvalue weighted by Crippen LogP contribution is 2.25. The Hall–Kier alpha value is -0.590. The second kappa shape index (κ2) is 6.54. The Morgan fingerprint density at radius 1 is 1.44 bits per heavy atom. The number of carbonyl (C=O) groups excluding carboxylic acids is 1. The first kappa shape index (κ1) is 15.5. The molecule has 0 fully saturated rings. The van der Waals surface area contributed by atoms with Gasteiger partial charge in [0.2, 0.25) is 5.91 Å². The molecule has 7 heteroatoms. The summed E-state index contributed by atoms with van der Waals surface area (Å²) in [7, 11) is 3.30. The smallest absolute Gasteiger partial charge is 0.270 e. The Morgan fingerprint density at radius 2 is 2.11 bits per heavy atom. The number of rotatable bonds is 6. The van der Waals surface area contributed by atoms with Crippen molar-refractivity contribution < 1.29 is 13.2 Å². The molecule has 0 bridgehead atoms. The molecule has 0 aliphatic rings. The highest BCUT2D eigenvalue weighted by atomic mass is 35.7. The first-order chi connectivity index (χ1) is 8.34. The Morgan fingerprint density at radius 3 is 2.61 bits per heavy atom. The molecule has 1 amide bonds. The maximum absolute atomic E-state index is 11.8. The summed E-state index contributed by atoms with van der Waals surface area (Å²) in [4.78, 5) is 14.2. The number of nitrogens with zero attached hydrogens (tertiary/aromatic N) is 1. The minimum Gasteiger partial charge on any atom is -0.345 e. The van der Waals surface area contributed by atoms with E-state index < -0.39 is 9.05 Å². The second-order valence-electron chi connectivity index (χ2n) is 4.00. The van der Waals surface area contributed by atoms with Gasteiger partial charge < -0.3 is 4.90 Å². The molecule has 1 aromatic heterocycles. The highest BCUT2D eigenvalue weighted by Gasteiger charge is 2.16. The van der Waals surface area contributed by atoms with Crippen molar-refractivity contribution >= 4 is 37.0 Å². The van der Waals surface area contributed by atoms with Crippen LogP contribution in [0.15, 0.2) is 16.3 Å². The number of unbranched alkanes of at least 4 members (excludes halogenated alkanes) is 1. The van der Waals surface area contributed by atoms with E-state index in [1.165, 1.54) is 6.07 Å². The van der Waals surface area contributed by atoms with Crippen molar-refractivity contribution in [1.82, 2.24) is 4.90 Å². The monoisotopic (exact) mass is 309 g/mol. The Balaban J connectivity index is 2.63. The van der Waals surface area contributed by atoms with E-state index in [2.05, 4.69) is 6.92 Å². The third kappa shape index (κ3) is 4.59. The van der Waals surface area contributed by atoms with Gasteiger partial charge in [0.25, 0.3) is 9.05 Å². The van der Waals surface area contributed by atoms with Crippen LogP contribution < -0.4 is 0 Å². The van der Waals surface area contributed by atoms with Gasteiger partial charge in [0.05, 0.1) is 6.42 Å². The van der Waals surface area contributed by atoms with Crippen molar-refractivity contribution in [2.75, 3.05) is 13.6 Å². The molecule has 0 unspecified atom stereocenters. The van der Waals surface area contributed by atoms with Crippen LogP contribution in [0.1, 0.15) is 24.6 Å². The molecule has 0 aliphatic carbocycles. The number of hydrogen-bond acceptors (Lipinski definition) is 4. The molecule has 0 saturated carbocycles. The summed E-state index contributed by atoms with van der Waals surface area (Å²) in [6.07, 6.45) is 2.22. The zero-order valence-electron chi connectivity index (χ0n) is 10.3. The van der Waals surface area contributed by atoms with Gasteiger partial charge in [-0.05, 0) is 18.6 Å². The minimum atomic E-state index is -3.69. The Labute approximate surface area is 116 Å². The summed E-state index contributed by atoms with van der Waals surface area (Å²) in [5.41, 5.74) is 0. The van der Waals surface area contributed by atoms with Gasteiger partial charge in [0.15, 0.2) is 0 Å². The van der Waals surface area contributed by atoms with Gasteiger partial charge in [-0.3, -0.25) is 4.79 Å². The van der Waals surface area contributed by atoms with Crippen molar-refractivity contribution in [3.05, 3.63) is 17.0 Å². The van der Waals surface area contributed by atoms with Crippen LogP contribution in [-0.2, 0) is 20.3 Å². The summed E-state index contributed by atoms with van der Waals surface area (Å²) >= 11 is 1.04. The third-order valence-corrected chi connectivity index (χ3v) is 5.65. The van der Waals surface area contributed by atoms with Gasteiger partial charge in [-0.1, -0.05) is 13.3 Å². The van der Waals surface area contributed by atoms with Crippen molar-refractivity contribution in [1.29, 1.82) is 0 Å². The number of amides is 1. The number of hydrogen-bond donors (Lipinski definition) is 0. The van der Waals surface area contributed by atoms with Crippen molar-refractivity contribution in [3.63, 3.8) is 0 Å². The topological polar surface area (TPSA) is 54.5 Å². The normalized spacial score (nSPS) is 11.5. The van der Waals surface area contributed by atoms with E-state index in [0.717, 1.165) is 30.7 Å². The molecule has 0 radical (unpaired) electrons. The molecular weight excluding hydrogens is 294 g/mol. The zero-order chi connectivity index (χ0) is 13.8. The fourth-order valence-corrected chi connectivity index (χ4v) is 3.50. The first-order valence-corrected chi connectivity index (χ1v) is 8.74. The van der Waals surface area contributed by atoms with Crippen molar-refractivity contribution in [2.24, 2.45) is 0 Å². The number of carbonyl (C=O) groups is 1. The summed E-state index contributed by atoms with van der Waals surface area (Å²) in [5, 5.41) is 0.